The van der Waals surface area contributed by atoms with Crippen LogP contribution in [0.25, 0.3) is 10.9 Å². The van der Waals surface area contributed by atoms with E-state index in [1.165, 1.54) is 15.8 Å². The van der Waals surface area contributed by atoms with Crippen LogP contribution in [0.4, 0.5) is 0 Å². The smallest absolute Gasteiger partial charge is 0.0705 e. The Labute approximate surface area is 134 Å². The van der Waals surface area contributed by atoms with Gasteiger partial charge in [-0.25, -0.2) is 0 Å². The summed E-state index contributed by atoms with van der Waals surface area (Å²) in [7, 11) is 0. The van der Waals surface area contributed by atoms with E-state index in [1.54, 1.807) is 0 Å². The molecule has 112 valence electrons. The Bertz CT molecular complexity index is 743. The highest BCUT2D eigenvalue weighted by Crippen LogP contribution is 2.35. The van der Waals surface area contributed by atoms with E-state index in [2.05, 4.69) is 63.0 Å². The number of nitrogens with one attached hydrogen (secondary N) is 1. The minimum atomic E-state index is 0.329. The van der Waals surface area contributed by atoms with E-state index in [0.29, 0.717) is 6.04 Å². The van der Waals surface area contributed by atoms with Gasteiger partial charge in [-0.1, -0.05) is 24.3 Å². The fourth-order valence-electron chi connectivity index (χ4n) is 3.27. The van der Waals surface area contributed by atoms with E-state index in [0.717, 1.165) is 31.7 Å². The molecule has 1 saturated heterocycles. The lowest BCUT2D eigenvalue weighted by Crippen LogP contribution is -2.45. The van der Waals surface area contributed by atoms with Crippen LogP contribution in [0.5, 0.6) is 0 Å². The van der Waals surface area contributed by atoms with E-state index >= 15 is 0 Å². The van der Waals surface area contributed by atoms with Crippen LogP contribution < -0.4 is 5.32 Å². The average molecular weight is 309 g/mol. The predicted octanol–water partition coefficient (Wildman–Crippen LogP) is 3.29. The average Bonchev–Trinajstić information content (AvgIpc) is 3.11. The Morgan fingerprint density at radius 2 is 1.91 bits per heavy atom. The van der Waals surface area contributed by atoms with Gasteiger partial charge in [0.2, 0.25) is 0 Å². The first-order valence-corrected chi connectivity index (χ1v) is 8.63. The summed E-state index contributed by atoms with van der Waals surface area (Å²) in [5, 5.41) is 6.89. The molecule has 0 unspecified atom stereocenters. The summed E-state index contributed by atoms with van der Waals surface area (Å²) in [4.78, 5) is 8.53. The van der Waals surface area contributed by atoms with Crippen molar-refractivity contribution >= 4 is 22.2 Å². The molecule has 2 aromatic heterocycles. The Morgan fingerprint density at radius 1 is 1.05 bits per heavy atom. The van der Waals surface area contributed by atoms with Crippen molar-refractivity contribution < 1.29 is 0 Å². The summed E-state index contributed by atoms with van der Waals surface area (Å²) in [5.74, 6) is 0. The molecule has 0 spiro atoms. The fraction of sp³-hybridized carbons (Fsp3) is 0.278. The number of benzene rings is 1. The van der Waals surface area contributed by atoms with Crippen molar-refractivity contribution in [3.63, 3.8) is 0 Å². The number of nitrogens with zero attached hydrogens (tertiary/aromatic N) is 2. The molecule has 3 heterocycles. The van der Waals surface area contributed by atoms with Gasteiger partial charge in [0, 0.05) is 42.6 Å². The third-order valence-electron chi connectivity index (χ3n) is 4.31. The van der Waals surface area contributed by atoms with Gasteiger partial charge in [0.25, 0.3) is 0 Å². The predicted molar refractivity (Wildman–Crippen MR) is 92.3 cm³/mol. The highest BCUT2D eigenvalue weighted by atomic mass is 32.1. The number of pyridine rings is 1. The topological polar surface area (TPSA) is 28.2 Å². The van der Waals surface area contributed by atoms with Gasteiger partial charge in [-0.2, -0.15) is 0 Å². The highest BCUT2D eigenvalue weighted by molar-refractivity contribution is 7.10. The first-order valence-electron chi connectivity index (χ1n) is 7.75. The van der Waals surface area contributed by atoms with Crippen LogP contribution in [-0.2, 0) is 0 Å². The maximum Gasteiger partial charge on any atom is 0.0705 e. The summed E-state index contributed by atoms with van der Waals surface area (Å²) < 4.78 is 0. The number of thiophene rings is 1. The van der Waals surface area contributed by atoms with Crippen LogP contribution in [0.1, 0.15) is 16.5 Å². The van der Waals surface area contributed by atoms with Crippen LogP contribution in [0.15, 0.2) is 54.0 Å². The van der Waals surface area contributed by atoms with E-state index in [1.807, 2.05) is 17.5 Å². The summed E-state index contributed by atoms with van der Waals surface area (Å²) in [6, 6.07) is 15.4. The molecule has 3 nitrogen and oxygen atoms in total. The van der Waals surface area contributed by atoms with Crippen molar-refractivity contribution in [1.29, 1.82) is 0 Å². The lowest BCUT2D eigenvalue weighted by Gasteiger charge is -2.35. The minimum Gasteiger partial charge on any atom is -0.314 e. The second-order valence-corrected chi connectivity index (χ2v) is 6.60. The third-order valence-corrected chi connectivity index (χ3v) is 5.23. The van der Waals surface area contributed by atoms with Gasteiger partial charge < -0.3 is 5.32 Å². The molecule has 0 saturated carbocycles. The zero-order valence-corrected chi connectivity index (χ0v) is 13.2. The molecule has 1 N–H and O–H groups in total. The molecule has 4 rings (SSSR count). The second-order valence-electron chi connectivity index (χ2n) is 5.62. The molecule has 0 aliphatic carbocycles. The molecule has 22 heavy (non-hydrogen) atoms. The van der Waals surface area contributed by atoms with Crippen molar-refractivity contribution in [3.8, 4) is 0 Å². The maximum absolute atomic E-state index is 4.52. The third kappa shape index (κ3) is 2.54. The number of hydrogen-bond acceptors (Lipinski definition) is 4. The van der Waals surface area contributed by atoms with Gasteiger partial charge in [0.05, 0.1) is 11.6 Å². The first-order chi connectivity index (χ1) is 10.9. The Hall–Kier alpha value is -1.75. The standard InChI is InChI=1S/C18H19N3S/c1-2-5-16-14(4-1)15(7-8-20-16)18(17-6-3-13-22-17)21-11-9-19-10-12-21/h1-8,13,18-19H,9-12H2/t18-/m0/s1. The minimum absolute atomic E-state index is 0.329. The molecule has 1 fully saturated rings. The summed E-state index contributed by atoms with van der Waals surface area (Å²) >= 11 is 1.85. The number of para-hydroxylation sites is 1. The van der Waals surface area contributed by atoms with Crippen molar-refractivity contribution in [2.75, 3.05) is 26.2 Å². The Balaban J connectivity index is 1.85. The van der Waals surface area contributed by atoms with E-state index in [9.17, 15) is 0 Å². The van der Waals surface area contributed by atoms with Crippen LogP contribution in [-0.4, -0.2) is 36.1 Å². The molecular formula is C18H19N3S. The molecule has 1 aliphatic rings. The molecule has 1 atom stereocenters. The van der Waals surface area contributed by atoms with Gasteiger partial charge >= 0.3 is 0 Å². The number of aromatic nitrogens is 1. The van der Waals surface area contributed by atoms with E-state index in [4.69, 9.17) is 0 Å². The Kier molecular flexibility index (Phi) is 3.89. The van der Waals surface area contributed by atoms with Crippen LogP contribution in [0.3, 0.4) is 0 Å². The van der Waals surface area contributed by atoms with Gasteiger partial charge in [-0.3, -0.25) is 9.88 Å². The van der Waals surface area contributed by atoms with E-state index in [-0.39, 0.29) is 0 Å². The van der Waals surface area contributed by atoms with Gasteiger partial charge in [-0.15, -0.1) is 11.3 Å². The van der Waals surface area contributed by atoms with Crippen LogP contribution in [0, 0.1) is 0 Å². The molecule has 0 amide bonds. The number of hydrogen-bond donors (Lipinski definition) is 1. The van der Waals surface area contributed by atoms with Gasteiger partial charge in [-0.05, 0) is 29.1 Å². The lowest BCUT2D eigenvalue weighted by atomic mass is 9.99. The maximum atomic E-state index is 4.52. The van der Waals surface area contributed by atoms with Crippen LogP contribution >= 0.6 is 11.3 Å². The summed E-state index contributed by atoms with van der Waals surface area (Å²) in [6.45, 7) is 4.29. The number of rotatable bonds is 3. The molecule has 1 aliphatic heterocycles. The highest BCUT2D eigenvalue weighted by Gasteiger charge is 2.26. The first kappa shape index (κ1) is 13.9. The quantitative estimate of drug-likeness (QED) is 0.805. The van der Waals surface area contributed by atoms with Crippen molar-refractivity contribution in [1.82, 2.24) is 15.2 Å². The molecular weight excluding hydrogens is 290 g/mol. The fourth-order valence-corrected chi connectivity index (χ4v) is 4.15. The van der Waals surface area contributed by atoms with E-state index < -0.39 is 0 Å². The SMILES string of the molecule is c1csc([C@H](c2ccnc3ccccc23)N2CCNCC2)c1. The molecule has 0 bridgehead atoms. The largest absolute Gasteiger partial charge is 0.314 e. The normalized spacial score (nSPS) is 17.6. The summed E-state index contributed by atoms with van der Waals surface area (Å²) in [6.07, 6.45) is 1.94. The van der Waals surface area contributed by atoms with Gasteiger partial charge in [0.1, 0.15) is 0 Å². The molecule has 3 aromatic rings. The monoisotopic (exact) mass is 309 g/mol. The molecule has 4 heteroatoms. The second kappa shape index (κ2) is 6.16. The number of fused-ring (bicyclic) bond motifs is 1. The zero-order chi connectivity index (χ0) is 14.8. The zero-order valence-electron chi connectivity index (χ0n) is 12.4. The van der Waals surface area contributed by atoms with Gasteiger partial charge in [0.15, 0.2) is 0 Å². The van der Waals surface area contributed by atoms with Crippen molar-refractivity contribution in [2.45, 2.75) is 6.04 Å². The Morgan fingerprint density at radius 3 is 2.73 bits per heavy atom. The van der Waals surface area contributed by atoms with Crippen LogP contribution in [0.2, 0.25) is 0 Å². The summed E-state index contributed by atoms with van der Waals surface area (Å²) in [5.41, 5.74) is 2.45. The van der Waals surface area contributed by atoms with Crippen molar-refractivity contribution in [2.24, 2.45) is 0 Å². The molecule has 1 aromatic carbocycles. The number of piperazine rings is 1. The lowest BCUT2D eigenvalue weighted by molar-refractivity contribution is 0.201. The molecule has 0 radical (unpaired) electrons. The van der Waals surface area contributed by atoms with Crippen molar-refractivity contribution in [3.05, 3.63) is 64.5 Å².